The van der Waals surface area contributed by atoms with Crippen molar-refractivity contribution in [2.75, 3.05) is 25.0 Å². The quantitative estimate of drug-likeness (QED) is 0.749. The fourth-order valence-corrected chi connectivity index (χ4v) is 5.17. The molecule has 3 rings (SSSR count). The summed E-state index contributed by atoms with van der Waals surface area (Å²) in [6.07, 6.45) is 6.44. The first kappa shape index (κ1) is 19.8. The Balaban J connectivity index is 1.58. The summed E-state index contributed by atoms with van der Waals surface area (Å²) in [6.45, 7) is 0.685. The Morgan fingerprint density at radius 2 is 1.78 bits per heavy atom. The van der Waals surface area contributed by atoms with Crippen LogP contribution < -0.4 is 5.32 Å². The Kier molecular flexibility index (Phi) is 6.49. The summed E-state index contributed by atoms with van der Waals surface area (Å²) in [5.41, 5.74) is 0.370. The lowest BCUT2D eigenvalue weighted by atomic mass is 10.1. The second-order valence-electron chi connectivity index (χ2n) is 7.13. The molecular formula is C19H26N2O5S. The van der Waals surface area contributed by atoms with Gasteiger partial charge in [0.05, 0.1) is 10.8 Å². The van der Waals surface area contributed by atoms with Crippen LogP contribution in [0.3, 0.4) is 0 Å². The molecule has 1 N–H and O–H groups in total. The van der Waals surface area contributed by atoms with Crippen LogP contribution in [0.5, 0.6) is 0 Å². The predicted molar refractivity (Wildman–Crippen MR) is 101 cm³/mol. The third-order valence-electron chi connectivity index (χ3n) is 5.10. The number of ether oxygens (including phenoxy) is 1. The summed E-state index contributed by atoms with van der Waals surface area (Å²) in [6, 6.07) is 6.18. The first-order valence-corrected chi connectivity index (χ1v) is 11.0. The molecule has 0 spiro atoms. The Hall–Kier alpha value is -1.93. The average molecular weight is 394 g/mol. The minimum absolute atomic E-state index is 0.101. The van der Waals surface area contributed by atoms with Gasteiger partial charge < -0.3 is 10.1 Å². The molecular weight excluding hydrogens is 368 g/mol. The van der Waals surface area contributed by atoms with Crippen molar-refractivity contribution in [3.63, 3.8) is 0 Å². The molecule has 1 aliphatic carbocycles. The minimum atomic E-state index is -3.56. The minimum Gasteiger partial charge on any atom is -0.455 e. The molecule has 0 aromatic heterocycles. The van der Waals surface area contributed by atoms with E-state index in [9.17, 15) is 18.0 Å². The molecule has 1 aromatic carbocycles. The number of carbonyl (C=O) groups is 2. The van der Waals surface area contributed by atoms with Crippen LogP contribution in [0.25, 0.3) is 0 Å². The van der Waals surface area contributed by atoms with Crippen molar-refractivity contribution in [1.82, 2.24) is 4.31 Å². The predicted octanol–water partition coefficient (Wildman–Crippen LogP) is 2.53. The molecule has 0 bridgehead atoms. The van der Waals surface area contributed by atoms with Crippen LogP contribution in [-0.4, -0.2) is 44.3 Å². The maximum absolute atomic E-state index is 12.7. The van der Waals surface area contributed by atoms with Gasteiger partial charge in [-0.1, -0.05) is 25.3 Å². The van der Waals surface area contributed by atoms with Crippen LogP contribution in [0.1, 0.15) is 44.9 Å². The average Bonchev–Trinajstić information content (AvgIpc) is 3.22. The maximum atomic E-state index is 12.7. The summed E-state index contributed by atoms with van der Waals surface area (Å²) >= 11 is 0. The topological polar surface area (TPSA) is 92.8 Å². The standard InChI is InChI=1S/C19H26N2O5S/c22-18(14-26-19(23)15-7-2-3-8-15)20-16-9-6-10-17(13-16)27(24,25)21-11-4-1-5-12-21/h6,9-10,13,15H,1-5,7-8,11-12,14H2,(H,20,22). The molecule has 0 atom stereocenters. The van der Waals surface area contributed by atoms with Gasteiger partial charge in [0.25, 0.3) is 5.91 Å². The summed E-state index contributed by atoms with van der Waals surface area (Å²) in [5, 5.41) is 2.60. The van der Waals surface area contributed by atoms with E-state index in [1.165, 1.54) is 16.4 Å². The molecule has 27 heavy (non-hydrogen) atoms. The number of nitrogens with zero attached hydrogens (tertiary/aromatic N) is 1. The van der Waals surface area contributed by atoms with Gasteiger partial charge >= 0.3 is 5.97 Å². The van der Waals surface area contributed by atoms with Crippen molar-refractivity contribution in [2.45, 2.75) is 49.8 Å². The van der Waals surface area contributed by atoms with Crippen molar-refractivity contribution in [1.29, 1.82) is 0 Å². The number of anilines is 1. The van der Waals surface area contributed by atoms with E-state index >= 15 is 0 Å². The molecule has 0 unspecified atom stereocenters. The number of carbonyl (C=O) groups excluding carboxylic acids is 2. The lowest BCUT2D eigenvalue weighted by Gasteiger charge is -2.26. The van der Waals surface area contributed by atoms with Gasteiger partial charge in [-0.25, -0.2) is 8.42 Å². The molecule has 148 valence electrons. The van der Waals surface area contributed by atoms with Gasteiger partial charge in [-0.15, -0.1) is 0 Å². The third-order valence-corrected chi connectivity index (χ3v) is 7.00. The molecule has 2 fully saturated rings. The molecule has 1 amide bonds. The fraction of sp³-hybridized carbons (Fsp3) is 0.579. The van der Waals surface area contributed by atoms with Crippen molar-refractivity contribution in [3.8, 4) is 0 Å². The van der Waals surface area contributed by atoms with E-state index < -0.39 is 15.9 Å². The zero-order valence-electron chi connectivity index (χ0n) is 15.4. The van der Waals surface area contributed by atoms with E-state index in [1.54, 1.807) is 12.1 Å². The van der Waals surface area contributed by atoms with Gasteiger partial charge in [-0.05, 0) is 43.9 Å². The van der Waals surface area contributed by atoms with Gasteiger partial charge in [-0.3, -0.25) is 9.59 Å². The molecule has 2 aliphatic rings. The van der Waals surface area contributed by atoms with Gasteiger partial charge in [0.1, 0.15) is 0 Å². The van der Waals surface area contributed by atoms with Crippen molar-refractivity contribution < 1.29 is 22.7 Å². The van der Waals surface area contributed by atoms with Crippen LogP contribution >= 0.6 is 0 Å². The molecule has 1 saturated heterocycles. The molecule has 1 heterocycles. The Labute approximate surface area is 160 Å². The Morgan fingerprint density at radius 3 is 2.48 bits per heavy atom. The number of benzene rings is 1. The fourth-order valence-electron chi connectivity index (χ4n) is 3.60. The van der Waals surface area contributed by atoms with Crippen LogP contribution in [0.2, 0.25) is 0 Å². The summed E-state index contributed by atoms with van der Waals surface area (Å²) in [7, 11) is -3.56. The first-order valence-electron chi connectivity index (χ1n) is 9.53. The number of rotatable bonds is 6. The first-order chi connectivity index (χ1) is 13.0. The van der Waals surface area contributed by atoms with Crippen molar-refractivity contribution in [3.05, 3.63) is 24.3 Å². The monoisotopic (exact) mass is 394 g/mol. The zero-order chi connectivity index (χ0) is 19.3. The number of nitrogens with one attached hydrogen (secondary N) is 1. The second-order valence-corrected chi connectivity index (χ2v) is 9.07. The summed E-state index contributed by atoms with van der Waals surface area (Å²) in [5.74, 6) is -0.909. The third kappa shape index (κ3) is 5.07. The van der Waals surface area contributed by atoms with E-state index in [4.69, 9.17) is 4.74 Å². The number of hydrogen-bond acceptors (Lipinski definition) is 5. The zero-order valence-corrected chi connectivity index (χ0v) is 16.2. The van der Waals surface area contributed by atoms with Crippen LogP contribution in [0.4, 0.5) is 5.69 Å². The van der Waals surface area contributed by atoms with Crippen LogP contribution in [-0.2, 0) is 24.3 Å². The number of sulfonamides is 1. The maximum Gasteiger partial charge on any atom is 0.309 e. The van der Waals surface area contributed by atoms with E-state index in [1.807, 2.05) is 0 Å². The molecule has 0 radical (unpaired) electrons. The molecule has 1 saturated carbocycles. The molecule has 7 nitrogen and oxygen atoms in total. The Bertz CT molecular complexity index is 781. The van der Waals surface area contributed by atoms with Crippen molar-refractivity contribution >= 4 is 27.6 Å². The molecule has 1 aliphatic heterocycles. The highest BCUT2D eigenvalue weighted by molar-refractivity contribution is 7.89. The highest BCUT2D eigenvalue weighted by atomic mass is 32.2. The van der Waals surface area contributed by atoms with E-state index in [0.29, 0.717) is 18.8 Å². The summed E-state index contributed by atoms with van der Waals surface area (Å²) < 4.78 is 32.0. The van der Waals surface area contributed by atoms with Gasteiger partial charge in [0.15, 0.2) is 6.61 Å². The molecule has 1 aromatic rings. The largest absolute Gasteiger partial charge is 0.455 e. The van der Waals surface area contributed by atoms with Crippen LogP contribution in [0.15, 0.2) is 29.2 Å². The van der Waals surface area contributed by atoms with Crippen molar-refractivity contribution in [2.24, 2.45) is 5.92 Å². The second kappa shape index (κ2) is 8.84. The van der Waals surface area contributed by atoms with E-state index in [2.05, 4.69) is 5.32 Å². The SMILES string of the molecule is O=C(COC(=O)C1CCCC1)Nc1cccc(S(=O)(=O)N2CCCCC2)c1. The number of esters is 1. The lowest BCUT2D eigenvalue weighted by molar-refractivity contribution is -0.151. The van der Waals surface area contributed by atoms with Gasteiger partial charge in [0, 0.05) is 18.8 Å². The number of piperidine rings is 1. The lowest BCUT2D eigenvalue weighted by Crippen LogP contribution is -2.35. The number of hydrogen-bond donors (Lipinski definition) is 1. The molecule has 8 heteroatoms. The van der Waals surface area contributed by atoms with E-state index in [0.717, 1.165) is 44.9 Å². The van der Waals surface area contributed by atoms with Gasteiger partial charge in [0.2, 0.25) is 10.0 Å². The highest BCUT2D eigenvalue weighted by Crippen LogP contribution is 2.26. The Morgan fingerprint density at radius 1 is 1.07 bits per heavy atom. The van der Waals surface area contributed by atoms with E-state index in [-0.39, 0.29) is 23.4 Å². The van der Waals surface area contributed by atoms with Crippen LogP contribution in [0, 0.1) is 5.92 Å². The smallest absolute Gasteiger partial charge is 0.309 e. The highest BCUT2D eigenvalue weighted by Gasteiger charge is 2.27. The normalized spacial score (nSPS) is 19.0. The van der Waals surface area contributed by atoms with Gasteiger partial charge in [-0.2, -0.15) is 4.31 Å². The summed E-state index contributed by atoms with van der Waals surface area (Å²) in [4.78, 5) is 24.1. The number of amides is 1.